The topological polar surface area (TPSA) is 75.1 Å². The van der Waals surface area contributed by atoms with Crippen LogP contribution in [0.25, 0.3) is 11.3 Å². The van der Waals surface area contributed by atoms with E-state index in [1.54, 1.807) is 16.8 Å². The van der Waals surface area contributed by atoms with Crippen molar-refractivity contribution in [1.82, 2.24) is 24.8 Å². The largest absolute Gasteiger partial charge is 0.350 e. The van der Waals surface area contributed by atoms with Gasteiger partial charge in [-0.3, -0.25) is 9.78 Å². The Hall–Kier alpha value is -3.49. The van der Waals surface area contributed by atoms with Crippen LogP contribution < -0.4 is 4.90 Å². The predicted octanol–water partition coefficient (Wildman–Crippen LogP) is 2.17. The summed E-state index contributed by atoms with van der Waals surface area (Å²) in [6, 6.07) is 5.35. The van der Waals surface area contributed by atoms with E-state index >= 15 is 0 Å². The molecule has 0 radical (unpaired) electrons. The fourth-order valence-electron chi connectivity index (χ4n) is 3.02. The molecule has 1 saturated heterocycles. The fraction of sp³-hybridized carbons (Fsp3) is 0.211. The van der Waals surface area contributed by atoms with Crippen molar-refractivity contribution in [2.45, 2.75) is 6.04 Å². The van der Waals surface area contributed by atoms with E-state index in [4.69, 9.17) is 0 Å². The van der Waals surface area contributed by atoms with Gasteiger partial charge in [0.05, 0.1) is 12.2 Å². The van der Waals surface area contributed by atoms with Gasteiger partial charge in [-0.15, -0.1) is 0 Å². The van der Waals surface area contributed by atoms with E-state index < -0.39 is 11.6 Å². The van der Waals surface area contributed by atoms with Crippen molar-refractivity contribution >= 4 is 11.7 Å². The minimum Gasteiger partial charge on any atom is -0.350 e. The summed E-state index contributed by atoms with van der Waals surface area (Å²) < 4.78 is 28.0. The SMILES string of the molecule is CN(C(=O)c1cnccn1)C1CN(c2ncnc(-c3ccc(F)cc3)c2F)C1. The highest BCUT2D eigenvalue weighted by Crippen LogP contribution is 2.29. The number of hydrogen-bond acceptors (Lipinski definition) is 6. The van der Waals surface area contributed by atoms with Gasteiger partial charge in [-0.2, -0.15) is 0 Å². The fourth-order valence-corrected chi connectivity index (χ4v) is 3.02. The van der Waals surface area contributed by atoms with Crippen LogP contribution >= 0.6 is 0 Å². The van der Waals surface area contributed by atoms with Crippen LogP contribution in [-0.2, 0) is 0 Å². The van der Waals surface area contributed by atoms with Gasteiger partial charge in [0, 0.05) is 38.1 Å². The number of benzene rings is 1. The number of carbonyl (C=O) groups is 1. The molecule has 1 fully saturated rings. The van der Waals surface area contributed by atoms with Crippen LogP contribution in [0, 0.1) is 11.6 Å². The summed E-state index contributed by atoms with van der Waals surface area (Å²) in [6.45, 7) is 0.860. The summed E-state index contributed by atoms with van der Waals surface area (Å²) >= 11 is 0. The van der Waals surface area contributed by atoms with Gasteiger partial charge < -0.3 is 9.80 Å². The van der Waals surface area contributed by atoms with Crippen molar-refractivity contribution in [3.63, 3.8) is 0 Å². The Morgan fingerprint density at radius 3 is 2.54 bits per heavy atom. The average molecular weight is 382 g/mol. The maximum Gasteiger partial charge on any atom is 0.274 e. The molecule has 9 heteroatoms. The van der Waals surface area contributed by atoms with Crippen LogP contribution in [0.2, 0.25) is 0 Å². The van der Waals surface area contributed by atoms with Crippen molar-refractivity contribution in [3.8, 4) is 11.3 Å². The van der Waals surface area contributed by atoms with Crippen molar-refractivity contribution in [1.29, 1.82) is 0 Å². The summed E-state index contributed by atoms with van der Waals surface area (Å²) in [7, 11) is 1.68. The van der Waals surface area contributed by atoms with Gasteiger partial charge in [0.15, 0.2) is 11.6 Å². The minimum absolute atomic E-state index is 0.0989. The standard InChI is InChI=1S/C19H16F2N6O/c1-26(19(28)15-8-22-6-7-23-15)14-9-27(10-14)18-16(21)17(24-11-25-18)12-2-4-13(20)5-3-12/h2-8,11,14H,9-10H2,1H3. The molecule has 2 aromatic heterocycles. The quantitative estimate of drug-likeness (QED) is 0.689. The van der Waals surface area contributed by atoms with E-state index in [0.717, 1.165) is 0 Å². The molecule has 28 heavy (non-hydrogen) atoms. The monoisotopic (exact) mass is 382 g/mol. The molecule has 1 aliphatic rings. The van der Waals surface area contributed by atoms with Crippen molar-refractivity contribution in [3.05, 3.63) is 66.5 Å². The number of likely N-dealkylation sites (N-methyl/N-ethyl adjacent to an activating group) is 1. The lowest BCUT2D eigenvalue weighted by Crippen LogP contribution is -2.60. The second-order valence-electron chi connectivity index (χ2n) is 6.43. The Bertz CT molecular complexity index is 993. The van der Waals surface area contributed by atoms with Gasteiger partial charge in [-0.25, -0.2) is 23.7 Å². The summed E-state index contributed by atoms with van der Waals surface area (Å²) in [5.41, 5.74) is 0.835. The number of nitrogens with zero attached hydrogens (tertiary/aromatic N) is 6. The molecule has 1 amide bonds. The summed E-state index contributed by atoms with van der Waals surface area (Å²) in [6.07, 6.45) is 5.65. The summed E-state index contributed by atoms with van der Waals surface area (Å²) in [5, 5.41) is 0. The lowest BCUT2D eigenvalue weighted by Gasteiger charge is -2.44. The van der Waals surface area contributed by atoms with Gasteiger partial charge in [0.25, 0.3) is 5.91 Å². The zero-order valence-corrected chi connectivity index (χ0v) is 15.0. The number of aromatic nitrogens is 4. The maximum atomic E-state index is 14.9. The number of anilines is 1. The Morgan fingerprint density at radius 1 is 1.11 bits per heavy atom. The second-order valence-corrected chi connectivity index (χ2v) is 6.43. The zero-order valence-electron chi connectivity index (χ0n) is 15.0. The van der Waals surface area contributed by atoms with Gasteiger partial charge in [0.1, 0.15) is 23.5 Å². The Balaban J connectivity index is 1.48. The lowest BCUT2D eigenvalue weighted by molar-refractivity contribution is 0.0698. The highest BCUT2D eigenvalue weighted by Gasteiger charge is 2.35. The summed E-state index contributed by atoms with van der Waals surface area (Å²) in [5.74, 6) is -1.06. The molecular formula is C19H16F2N6O. The van der Waals surface area contributed by atoms with Crippen LogP contribution in [0.1, 0.15) is 10.5 Å². The third-order valence-electron chi connectivity index (χ3n) is 4.70. The third kappa shape index (κ3) is 3.26. The first-order valence-corrected chi connectivity index (χ1v) is 8.59. The van der Waals surface area contributed by atoms with Crippen molar-refractivity contribution < 1.29 is 13.6 Å². The highest BCUT2D eigenvalue weighted by atomic mass is 19.1. The van der Waals surface area contributed by atoms with E-state index in [2.05, 4.69) is 19.9 Å². The number of rotatable bonds is 4. The first-order chi connectivity index (χ1) is 13.5. The van der Waals surface area contributed by atoms with Crippen LogP contribution in [0.5, 0.6) is 0 Å². The molecule has 1 aromatic carbocycles. The van der Waals surface area contributed by atoms with Crippen LogP contribution in [0.3, 0.4) is 0 Å². The highest BCUT2D eigenvalue weighted by molar-refractivity contribution is 5.92. The van der Waals surface area contributed by atoms with Gasteiger partial charge >= 0.3 is 0 Å². The predicted molar refractivity (Wildman–Crippen MR) is 97.5 cm³/mol. The number of hydrogen-bond donors (Lipinski definition) is 0. The third-order valence-corrected chi connectivity index (χ3v) is 4.70. The zero-order chi connectivity index (χ0) is 19.7. The molecule has 0 bridgehead atoms. The molecule has 4 rings (SSSR count). The van der Waals surface area contributed by atoms with Crippen LogP contribution in [0.15, 0.2) is 49.2 Å². The Labute approximate surface area is 159 Å². The first-order valence-electron chi connectivity index (χ1n) is 8.59. The molecule has 0 spiro atoms. The smallest absolute Gasteiger partial charge is 0.274 e. The van der Waals surface area contributed by atoms with E-state index in [0.29, 0.717) is 18.7 Å². The van der Waals surface area contributed by atoms with Gasteiger partial charge in [0.2, 0.25) is 0 Å². The molecule has 0 aliphatic carbocycles. The lowest BCUT2D eigenvalue weighted by atomic mass is 10.1. The van der Waals surface area contributed by atoms with Gasteiger partial charge in [-0.05, 0) is 24.3 Å². The van der Waals surface area contributed by atoms with Crippen molar-refractivity contribution in [2.24, 2.45) is 0 Å². The molecule has 1 aliphatic heterocycles. The van der Waals surface area contributed by atoms with Crippen LogP contribution in [-0.4, -0.2) is 56.9 Å². The Morgan fingerprint density at radius 2 is 1.86 bits per heavy atom. The normalized spacial score (nSPS) is 13.9. The molecular weight excluding hydrogens is 366 g/mol. The minimum atomic E-state index is -0.574. The average Bonchev–Trinajstić information content (AvgIpc) is 2.69. The molecule has 142 valence electrons. The van der Waals surface area contributed by atoms with E-state index in [1.165, 1.54) is 49.2 Å². The Kier molecular flexibility index (Phi) is 4.64. The second kappa shape index (κ2) is 7.26. The molecule has 3 aromatic rings. The number of halogens is 2. The maximum absolute atomic E-state index is 14.9. The number of amides is 1. The van der Waals surface area contributed by atoms with E-state index in [9.17, 15) is 13.6 Å². The molecule has 0 N–H and O–H groups in total. The van der Waals surface area contributed by atoms with E-state index in [-0.39, 0.29) is 29.2 Å². The molecule has 0 saturated carbocycles. The summed E-state index contributed by atoms with van der Waals surface area (Å²) in [4.78, 5) is 31.7. The molecule has 7 nitrogen and oxygen atoms in total. The molecule has 0 unspecified atom stereocenters. The molecule has 0 atom stereocenters. The first kappa shape index (κ1) is 17.9. The molecule has 3 heterocycles. The van der Waals surface area contributed by atoms with E-state index in [1.807, 2.05) is 0 Å². The number of carbonyl (C=O) groups excluding carboxylic acids is 1. The van der Waals surface area contributed by atoms with Crippen LogP contribution in [0.4, 0.5) is 14.6 Å². The van der Waals surface area contributed by atoms with Crippen molar-refractivity contribution in [2.75, 3.05) is 25.0 Å². The van der Waals surface area contributed by atoms with Gasteiger partial charge in [-0.1, -0.05) is 0 Å².